The molecular weight excluding hydrogens is 437 g/mol. The summed E-state index contributed by atoms with van der Waals surface area (Å²) < 4.78 is 3.88. The lowest BCUT2D eigenvalue weighted by Crippen LogP contribution is -2.40. The molecule has 1 atom stereocenters. The number of rotatable bonds is 3. The Bertz CT molecular complexity index is 1200. The summed E-state index contributed by atoms with van der Waals surface area (Å²) in [5.74, 6) is 0.139. The third-order valence-corrected chi connectivity index (χ3v) is 6.26. The largest absolute Gasteiger partial charge is 0.507 e. The predicted molar refractivity (Wildman–Crippen MR) is 122 cm³/mol. The highest BCUT2D eigenvalue weighted by molar-refractivity contribution is 5.85. The minimum Gasteiger partial charge on any atom is -0.507 e. The lowest BCUT2D eigenvalue weighted by Gasteiger charge is -2.31. The van der Waals surface area contributed by atoms with E-state index in [1.807, 2.05) is 18.2 Å². The summed E-state index contributed by atoms with van der Waals surface area (Å²) in [6, 6.07) is 9.93. The molecule has 1 aliphatic carbocycles. The molecule has 1 aliphatic heterocycles. The van der Waals surface area contributed by atoms with Crippen molar-refractivity contribution >= 4 is 35.8 Å². The first-order valence-electron chi connectivity index (χ1n) is 10.0. The zero-order valence-corrected chi connectivity index (χ0v) is 18.3. The lowest BCUT2D eigenvalue weighted by molar-refractivity contribution is 0.290. The highest BCUT2D eigenvalue weighted by atomic mass is 35.5. The Balaban J connectivity index is 0.00000116. The first-order chi connectivity index (χ1) is 14.2. The number of benzene rings is 1. The molecule has 0 bridgehead atoms. The van der Waals surface area contributed by atoms with E-state index in [0.717, 1.165) is 36.1 Å². The van der Waals surface area contributed by atoms with Gasteiger partial charge in [-0.2, -0.15) is 0 Å². The molecule has 2 fully saturated rings. The molecule has 1 aromatic carbocycles. The van der Waals surface area contributed by atoms with Crippen LogP contribution in [-0.2, 0) is 0 Å². The van der Waals surface area contributed by atoms with Crippen molar-refractivity contribution in [1.82, 2.24) is 35.1 Å². The topological polar surface area (TPSA) is 93.7 Å². The fraction of sp³-hybridized carbons (Fsp3) is 0.333. The number of phenolic OH excluding ortho intramolecular Hbond substituents is 1. The van der Waals surface area contributed by atoms with Crippen LogP contribution < -0.4 is 5.32 Å². The van der Waals surface area contributed by atoms with Crippen LogP contribution in [0.2, 0.25) is 0 Å². The molecule has 0 radical (unpaired) electrons. The second-order valence-electron chi connectivity index (χ2n) is 8.13. The Morgan fingerprint density at radius 2 is 1.94 bits per heavy atom. The smallest absolute Gasteiger partial charge is 0.162 e. The molecule has 3 aromatic heterocycles. The molecule has 4 heterocycles. The van der Waals surface area contributed by atoms with Crippen LogP contribution in [0.25, 0.3) is 28.0 Å². The van der Waals surface area contributed by atoms with Crippen LogP contribution in [0, 0.1) is 0 Å². The number of phenols is 1. The van der Waals surface area contributed by atoms with E-state index in [2.05, 4.69) is 42.7 Å². The van der Waals surface area contributed by atoms with Gasteiger partial charge < -0.3 is 15.0 Å². The second kappa shape index (κ2) is 8.11. The normalized spacial score (nSPS) is 19.0. The summed E-state index contributed by atoms with van der Waals surface area (Å²) in [5, 5.41) is 32.0. The SMILES string of the molecule is Cl.Cl.Oc1cc(-n2ccnn2)ccc1-c1cc2ccn(C3CCNC4(CC4)C3)c2nn1. The Kier molecular flexibility index (Phi) is 5.63. The van der Waals surface area contributed by atoms with E-state index in [1.165, 1.54) is 12.8 Å². The van der Waals surface area contributed by atoms with Gasteiger partial charge in [0, 0.05) is 34.8 Å². The van der Waals surface area contributed by atoms with Gasteiger partial charge in [0.05, 0.1) is 23.8 Å². The molecule has 10 heteroatoms. The molecule has 4 aromatic rings. The predicted octanol–water partition coefficient (Wildman–Crippen LogP) is 3.69. The van der Waals surface area contributed by atoms with Gasteiger partial charge in [0.1, 0.15) is 5.75 Å². The van der Waals surface area contributed by atoms with Crippen LogP contribution >= 0.6 is 24.8 Å². The number of piperidine rings is 1. The summed E-state index contributed by atoms with van der Waals surface area (Å²) in [6.45, 7) is 1.06. The number of nitrogens with one attached hydrogen (secondary N) is 1. The molecule has 2 aliphatic rings. The summed E-state index contributed by atoms with van der Waals surface area (Å²) in [6.07, 6.45) is 10.3. The van der Waals surface area contributed by atoms with E-state index in [4.69, 9.17) is 0 Å². The Labute approximate surface area is 191 Å². The van der Waals surface area contributed by atoms with E-state index in [-0.39, 0.29) is 30.6 Å². The molecule has 31 heavy (non-hydrogen) atoms. The molecule has 1 saturated heterocycles. The van der Waals surface area contributed by atoms with Crippen molar-refractivity contribution in [3.8, 4) is 22.7 Å². The van der Waals surface area contributed by atoms with Gasteiger partial charge in [0.25, 0.3) is 0 Å². The summed E-state index contributed by atoms with van der Waals surface area (Å²) >= 11 is 0. The van der Waals surface area contributed by atoms with Crippen molar-refractivity contribution in [2.75, 3.05) is 6.54 Å². The molecule has 6 rings (SSSR count). The standard InChI is InChI=1S/C21H21N7O.2ClH/c29-19-12-15(28-10-8-23-26-28)1-2-17(19)18-11-14-4-9-27(20(14)25-24-18)16-3-7-22-21(13-16)5-6-21;;/h1-2,4,8-12,16,22,29H,3,5-7,13H2;2*1H. The number of fused-ring (bicyclic) bond motifs is 1. The quantitative estimate of drug-likeness (QED) is 0.485. The maximum atomic E-state index is 10.5. The van der Waals surface area contributed by atoms with Crippen molar-refractivity contribution in [3.05, 3.63) is 48.9 Å². The van der Waals surface area contributed by atoms with Crippen molar-refractivity contribution in [2.45, 2.75) is 37.3 Å². The monoisotopic (exact) mass is 459 g/mol. The number of aromatic nitrogens is 6. The first kappa shape index (κ1) is 21.5. The van der Waals surface area contributed by atoms with Crippen LogP contribution in [-0.4, -0.2) is 46.9 Å². The van der Waals surface area contributed by atoms with Gasteiger partial charge in [-0.1, -0.05) is 5.21 Å². The third kappa shape index (κ3) is 3.75. The fourth-order valence-corrected chi connectivity index (χ4v) is 4.50. The number of aromatic hydroxyl groups is 1. The van der Waals surface area contributed by atoms with Crippen LogP contribution in [0.3, 0.4) is 0 Å². The van der Waals surface area contributed by atoms with Crippen molar-refractivity contribution in [1.29, 1.82) is 0 Å². The summed E-state index contributed by atoms with van der Waals surface area (Å²) in [4.78, 5) is 0. The highest BCUT2D eigenvalue weighted by Crippen LogP contribution is 2.46. The molecule has 1 spiro atoms. The van der Waals surface area contributed by atoms with E-state index < -0.39 is 0 Å². The van der Waals surface area contributed by atoms with E-state index in [9.17, 15) is 5.11 Å². The zero-order valence-electron chi connectivity index (χ0n) is 16.7. The van der Waals surface area contributed by atoms with Crippen LogP contribution in [0.15, 0.2) is 48.9 Å². The van der Waals surface area contributed by atoms with Crippen LogP contribution in [0.4, 0.5) is 0 Å². The summed E-state index contributed by atoms with van der Waals surface area (Å²) in [5.41, 5.74) is 3.32. The molecular formula is C21H23Cl2N7O. The van der Waals surface area contributed by atoms with Crippen molar-refractivity contribution in [2.24, 2.45) is 0 Å². The van der Waals surface area contributed by atoms with Gasteiger partial charge in [0.2, 0.25) is 0 Å². The lowest BCUT2D eigenvalue weighted by atomic mass is 9.97. The van der Waals surface area contributed by atoms with Crippen molar-refractivity contribution in [3.63, 3.8) is 0 Å². The maximum Gasteiger partial charge on any atom is 0.162 e. The van der Waals surface area contributed by atoms with Gasteiger partial charge >= 0.3 is 0 Å². The van der Waals surface area contributed by atoms with Crippen LogP contribution in [0.1, 0.15) is 31.7 Å². The van der Waals surface area contributed by atoms with E-state index in [0.29, 0.717) is 22.8 Å². The number of hydrogen-bond acceptors (Lipinski definition) is 6. The van der Waals surface area contributed by atoms with E-state index in [1.54, 1.807) is 23.1 Å². The Morgan fingerprint density at radius 1 is 1.06 bits per heavy atom. The zero-order chi connectivity index (χ0) is 19.4. The molecule has 8 nitrogen and oxygen atoms in total. The maximum absolute atomic E-state index is 10.5. The van der Waals surface area contributed by atoms with Crippen LogP contribution in [0.5, 0.6) is 5.75 Å². The minimum absolute atomic E-state index is 0. The van der Waals surface area contributed by atoms with Gasteiger partial charge in [-0.3, -0.25) is 0 Å². The molecule has 2 N–H and O–H groups in total. The Morgan fingerprint density at radius 3 is 2.68 bits per heavy atom. The average Bonchev–Trinajstić information content (AvgIpc) is 3.15. The molecule has 162 valence electrons. The minimum atomic E-state index is 0. The second-order valence-corrected chi connectivity index (χ2v) is 8.13. The first-order valence-corrected chi connectivity index (χ1v) is 10.0. The average molecular weight is 460 g/mol. The number of nitrogens with zero attached hydrogens (tertiary/aromatic N) is 6. The number of hydrogen-bond donors (Lipinski definition) is 2. The molecule has 1 unspecified atom stereocenters. The Hall–Kier alpha value is -2.68. The van der Waals surface area contributed by atoms with Gasteiger partial charge in [-0.05, 0) is 56.5 Å². The summed E-state index contributed by atoms with van der Waals surface area (Å²) in [7, 11) is 0. The fourth-order valence-electron chi connectivity index (χ4n) is 4.50. The van der Waals surface area contributed by atoms with Gasteiger partial charge in [-0.25, -0.2) is 4.68 Å². The van der Waals surface area contributed by atoms with Crippen molar-refractivity contribution < 1.29 is 5.11 Å². The number of halogens is 2. The van der Waals surface area contributed by atoms with E-state index >= 15 is 0 Å². The third-order valence-electron chi connectivity index (χ3n) is 6.26. The molecule has 0 amide bonds. The van der Waals surface area contributed by atoms with Gasteiger partial charge in [-0.15, -0.1) is 40.1 Å². The molecule has 1 saturated carbocycles. The van der Waals surface area contributed by atoms with Gasteiger partial charge in [0.15, 0.2) is 5.65 Å². The highest BCUT2D eigenvalue weighted by Gasteiger charge is 2.46.